The Bertz CT molecular complexity index is 402. The molecule has 0 radical (unpaired) electrons. The van der Waals surface area contributed by atoms with E-state index in [0.717, 1.165) is 31.6 Å². The van der Waals surface area contributed by atoms with Crippen molar-refractivity contribution in [3.63, 3.8) is 0 Å². The van der Waals surface area contributed by atoms with Gasteiger partial charge in [-0.3, -0.25) is 9.78 Å². The van der Waals surface area contributed by atoms with Crippen molar-refractivity contribution in [2.45, 2.75) is 32.2 Å². The van der Waals surface area contributed by atoms with Crippen LogP contribution in [0, 0.1) is 6.92 Å². The number of hydrogen-bond acceptors (Lipinski definition) is 4. The molecular formula is C13H20N4O. The van der Waals surface area contributed by atoms with Crippen molar-refractivity contribution >= 4 is 5.91 Å². The van der Waals surface area contributed by atoms with Gasteiger partial charge in [0.05, 0.1) is 11.9 Å². The molecular weight excluding hydrogens is 228 g/mol. The predicted molar refractivity (Wildman–Crippen MR) is 69.4 cm³/mol. The maximum absolute atomic E-state index is 12.4. The van der Waals surface area contributed by atoms with Gasteiger partial charge in [-0.1, -0.05) is 0 Å². The Kier molecular flexibility index (Phi) is 4.25. The van der Waals surface area contributed by atoms with Crippen molar-refractivity contribution in [1.82, 2.24) is 20.2 Å². The van der Waals surface area contributed by atoms with Gasteiger partial charge in [-0.25, -0.2) is 4.98 Å². The van der Waals surface area contributed by atoms with Gasteiger partial charge in [-0.2, -0.15) is 0 Å². The third-order valence-electron chi connectivity index (χ3n) is 3.33. The van der Waals surface area contributed by atoms with Gasteiger partial charge in [0.25, 0.3) is 5.91 Å². The Morgan fingerprint density at radius 2 is 2.28 bits per heavy atom. The van der Waals surface area contributed by atoms with Crippen LogP contribution in [-0.4, -0.2) is 47.0 Å². The van der Waals surface area contributed by atoms with Crippen molar-refractivity contribution in [3.8, 4) is 0 Å². The van der Waals surface area contributed by atoms with Crippen LogP contribution < -0.4 is 5.32 Å². The van der Waals surface area contributed by atoms with Crippen LogP contribution in [0.3, 0.4) is 0 Å². The highest BCUT2D eigenvalue weighted by molar-refractivity contribution is 5.92. The predicted octanol–water partition coefficient (Wildman–Crippen LogP) is 0.999. The van der Waals surface area contributed by atoms with Gasteiger partial charge < -0.3 is 10.2 Å². The standard InChI is InChI=1S/C13H20N4O/c1-10-7-16-12(9-15-10)13(18)17-6-4-3-5-11(17)8-14-2/h7,9,11,14H,3-6,8H2,1-2H3. The molecule has 1 N–H and O–H groups in total. The number of nitrogens with one attached hydrogen (secondary N) is 1. The summed E-state index contributed by atoms with van der Waals surface area (Å²) in [5.74, 6) is 0.00227. The fraction of sp³-hybridized carbons (Fsp3) is 0.615. The van der Waals surface area contributed by atoms with Crippen molar-refractivity contribution in [2.24, 2.45) is 0 Å². The van der Waals surface area contributed by atoms with E-state index in [1.54, 1.807) is 12.4 Å². The lowest BCUT2D eigenvalue weighted by atomic mass is 10.0. The minimum atomic E-state index is 0.00227. The van der Waals surface area contributed by atoms with Crippen LogP contribution in [0.4, 0.5) is 0 Å². The highest BCUT2D eigenvalue weighted by Crippen LogP contribution is 2.18. The molecule has 1 saturated heterocycles. The summed E-state index contributed by atoms with van der Waals surface area (Å²) < 4.78 is 0. The van der Waals surface area contributed by atoms with Gasteiger partial charge in [0.2, 0.25) is 0 Å². The molecule has 0 spiro atoms. The number of likely N-dealkylation sites (tertiary alicyclic amines) is 1. The molecule has 0 saturated carbocycles. The molecule has 1 aromatic rings. The maximum Gasteiger partial charge on any atom is 0.274 e. The number of amides is 1. The van der Waals surface area contributed by atoms with E-state index in [4.69, 9.17) is 0 Å². The van der Waals surface area contributed by atoms with Gasteiger partial charge >= 0.3 is 0 Å². The average Bonchev–Trinajstić information content (AvgIpc) is 2.40. The molecule has 1 fully saturated rings. The van der Waals surface area contributed by atoms with Crippen LogP contribution >= 0.6 is 0 Å². The number of carbonyl (C=O) groups is 1. The maximum atomic E-state index is 12.4. The molecule has 1 aliphatic rings. The van der Waals surface area contributed by atoms with E-state index in [9.17, 15) is 4.79 Å². The van der Waals surface area contributed by atoms with E-state index in [2.05, 4.69) is 15.3 Å². The van der Waals surface area contributed by atoms with Crippen molar-refractivity contribution < 1.29 is 4.79 Å². The third kappa shape index (κ3) is 2.85. The second-order valence-corrected chi connectivity index (χ2v) is 4.75. The lowest BCUT2D eigenvalue weighted by Gasteiger charge is -2.35. The molecule has 0 bridgehead atoms. The molecule has 1 unspecified atom stereocenters. The van der Waals surface area contributed by atoms with Crippen molar-refractivity contribution in [1.29, 1.82) is 0 Å². The van der Waals surface area contributed by atoms with E-state index < -0.39 is 0 Å². The van der Waals surface area contributed by atoms with Crippen LogP contribution in [0.5, 0.6) is 0 Å². The molecule has 1 aromatic heterocycles. The van der Waals surface area contributed by atoms with Gasteiger partial charge in [0, 0.05) is 25.3 Å². The number of aryl methyl sites for hydroxylation is 1. The Morgan fingerprint density at radius 3 is 2.94 bits per heavy atom. The molecule has 5 nitrogen and oxygen atoms in total. The molecule has 2 heterocycles. The Morgan fingerprint density at radius 1 is 1.44 bits per heavy atom. The normalized spacial score (nSPS) is 19.9. The molecule has 1 atom stereocenters. The number of piperidine rings is 1. The van der Waals surface area contributed by atoms with Gasteiger partial charge in [-0.05, 0) is 33.2 Å². The SMILES string of the molecule is CNCC1CCCCN1C(=O)c1cnc(C)cn1. The summed E-state index contributed by atoms with van der Waals surface area (Å²) in [5, 5.41) is 3.15. The Balaban J connectivity index is 2.12. The summed E-state index contributed by atoms with van der Waals surface area (Å²) in [6.45, 7) is 3.53. The lowest BCUT2D eigenvalue weighted by molar-refractivity contribution is 0.0608. The molecule has 1 aliphatic heterocycles. The highest BCUT2D eigenvalue weighted by atomic mass is 16.2. The van der Waals surface area contributed by atoms with Crippen LogP contribution in [0.1, 0.15) is 35.4 Å². The Hall–Kier alpha value is -1.49. The van der Waals surface area contributed by atoms with E-state index in [0.29, 0.717) is 5.69 Å². The molecule has 0 aromatic carbocycles. The zero-order valence-corrected chi connectivity index (χ0v) is 11.0. The third-order valence-corrected chi connectivity index (χ3v) is 3.33. The van der Waals surface area contributed by atoms with E-state index in [1.807, 2.05) is 18.9 Å². The Labute approximate surface area is 108 Å². The number of hydrogen-bond donors (Lipinski definition) is 1. The first-order chi connectivity index (χ1) is 8.72. The first-order valence-corrected chi connectivity index (χ1v) is 6.46. The van der Waals surface area contributed by atoms with Crippen LogP contribution in [0.15, 0.2) is 12.4 Å². The number of aromatic nitrogens is 2. The second-order valence-electron chi connectivity index (χ2n) is 4.75. The quantitative estimate of drug-likeness (QED) is 0.867. The minimum Gasteiger partial charge on any atom is -0.333 e. The summed E-state index contributed by atoms with van der Waals surface area (Å²) in [6.07, 6.45) is 6.54. The minimum absolute atomic E-state index is 0.00227. The van der Waals surface area contributed by atoms with Crippen LogP contribution in [-0.2, 0) is 0 Å². The summed E-state index contributed by atoms with van der Waals surface area (Å²) in [6, 6.07) is 0.277. The van der Waals surface area contributed by atoms with E-state index in [1.165, 1.54) is 6.42 Å². The topological polar surface area (TPSA) is 58.1 Å². The average molecular weight is 248 g/mol. The van der Waals surface area contributed by atoms with Crippen molar-refractivity contribution in [3.05, 3.63) is 23.8 Å². The molecule has 1 amide bonds. The van der Waals surface area contributed by atoms with Gasteiger partial charge in [0.15, 0.2) is 0 Å². The molecule has 2 rings (SSSR count). The summed E-state index contributed by atoms with van der Waals surface area (Å²) >= 11 is 0. The van der Waals surface area contributed by atoms with Crippen LogP contribution in [0.25, 0.3) is 0 Å². The van der Waals surface area contributed by atoms with Gasteiger partial charge in [0.1, 0.15) is 5.69 Å². The molecule has 5 heteroatoms. The van der Waals surface area contributed by atoms with E-state index >= 15 is 0 Å². The lowest BCUT2D eigenvalue weighted by Crippen LogP contribution is -2.48. The number of likely N-dealkylation sites (N-methyl/N-ethyl adjacent to an activating group) is 1. The monoisotopic (exact) mass is 248 g/mol. The molecule has 18 heavy (non-hydrogen) atoms. The number of rotatable bonds is 3. The van der Waals surface area contributed by atoms with Gasteiger partial charge in [-0.15, -0.1) is 0 Å². The highest BCUT2D eigenvalue weighted by Gasteiger charge is 2.27. The summed E-state index contributed by atoms with van der Waals surface area (Å²) in [5.41, 5.74) is 1.28. The largest absolute Gasteiger partial charge is 0.333 e. The smallest absolute Gasteiger partial charge is 0.274 e. The first-order valence-electron chi connectivity index (χ1n) is 6.46. The van der Waals surface area contributed by atoms with E-state index in [-0.39, 0.29) is 11.9 Å². The molecule has 98 valence electrons. The first kappa shape index (κ1) is 13.0. The summed E-state index contributed by atoms with van der Waals surface area (Å²) in [4.78, 5) is 22.6. The summed E-state index contributed by atoms with van der Waals surface area (Å²) in [7, 11) is 1.92. The number of carbonyl (C=O) groups excluding carboxylic acids is 1. The fourth-order valence-electron chi connectivity index (χ4n) is 2.37. The fourth-order valence-corrected chi connectivity index (χ4v) is 2.37. The zero-order chi connectivity index (χ0) is 13.0. The molecule has 0 aliphatic carbocycles. The number of nitrogens with zero attached hydrogens (tertiary/aromatic N) is 3. The zero-order valence-electron chi connectivity index (χ0n) is 11.0. The van der Waals surface area contributed by atoms with Crippen molar-refractivity contribution in [2.75, 3.05) is 20.1 Å². The second kappa shape index (κ2) is 5.91. The van der Waals surface area contributed by atoms with Crippen LogP contribution in [0.2, 0.25) is 0 Å².